The van der Waals surface area contributed by atoms with Gasteiger partial charge in [-0.05, 0) is 44.2 Å². The molecule has 0 aliphatic rings. The van der Waals surface area contributed by atoms with Crippen LogP contribution in [-0.2, 0) is 19.6 Å². The average molecular weight is 494 g/mol. The van der Waals surface area contributed by atoms with Crippen LogP contribution in [0.5, 0.6) is 0 Å². The van der Waals surface area contributed by atoms with Gasteiger partial charge in [-0.25, -0.2) is 18.0 Å². The van der Waals surface area contributed by atoms with Crippen molar-refractivity contribution in [3.8, 4) is 0 Å². The molecule has 33 heavy (non-hydrogen) atoms. The van der Waals surface area contributed by atoms with Gasteiger partial charge in [0.25, 0.3) is 15.9 Å². The summed E-state index contributed by atoms with van der Waals surface area (Å²) in [6, 6.07) is 11.2. The molecule has 2 rings (SSSR count). The number of carbonyl (C=O) groups excluding carboxylic acids is 3. The second kappa shape index (κ2) is 11.5. The van der Waals surface area contributed by atoms with Gasteiger partial charge in [0.2, 0.25) is 0 Å². The number of halogens is 1. The Bertz CT molecular complexity index is 1140. The average Bonchev–Trinajstić information content (AvgIpc) is 2.78. The van der Waals surface area contributed by atoms with E-state index in [2.05, 4.69) is 11.9 Å². The van der Waals surface area contributed by atoms with Crippen LogP contribution in [0.4, 0.5) is 10.5 Å². The number of esters is 1. The lowest BCUT2D eigenvalue weighted by atomic mass is 10.2. The molecule has 0 heterocycles. The molecule has 0 saturated heterocycles. The number of ether oxygens (including phenoxy) is 1. The molecule has 3 amide bonds. The van der Waals surface area contributed by atoms with Crippen LogP contribution in [0, 0.1) is 0 Å². The Morgan fingerprint density at radius 2 is 1.85 bits per heavy atom. The van der Waals surface area contributed by atoms with Crippen molar-refractivity contribution in [1.82, 2.24) is 10.6 Å². The van der Waals surface area contributed by atoms with Crippen LogP contribution in [0.25, 0.3) is 0 Å². The van der Waals surface area contributed by atoms with E-state index in [1.165, 1.54) is 25.1 Å². The SMILES string of the molecule is C=CCN(c1ccccc1)S(=O)(=O)c1ccc(Cl)c(C(=O)OC(C)C(=O)NC(=O)NCC)c1. The summed E-state index contributed by atoms with van der Waals surface area (Å²) in [7, 11) is -4.09. The summed E-state index contributed by atoms with van der Waals surface area (Å²) in [5.41, 5.74) is 0.161. The normalized spacial score (nSPS) is 11.7. The standard InChI is InChI=1S/C22H24ClN3O6S/c1-4-13-26(16-9-7-6-8-10-16)33(30,31)17-11-12-19(23)18(14-17)21(28)32-15(3)20(27)25-22(29)24-5-2/h4,6-12,14-15H,1,5,13H2,2-3H3,(H2,24,25,27,29). The van der Waals surface area contributed by atoms with Gasteiger partial charge in [-0.2, -0.15) is 0 Å². The fraction of sp³-hybridized carbons (Fsp3) is 0.227. The van der Waals surface area contributed by atoms with Crippen molar-refractivity contribution >= 4 is 45.2 Å². The number of hydrogen-bond acceptors (Lipinski definition) is 6. The van der Waals surface area contributed by atoms with Crippen LogP contribution in [0.2, 0.25) is 5.02 Å². The maximum atomic E-state index is 13.3. The van der Waals surface area contributed by atoms with Crippen molar-refractivity contribution in [2.45, 2.75) is 24.8 Å². The summed E-state index contributed by atoms with van der Waals surface area (Å²) in [6.07, 6.45) is 0.1000. The fourth-order valence-corrected chi connectivity index (χ4v) is 4.36. The molecule has 0 radical (unpaired) electrons. The highest BCUT2D eigenvalue weighted by atomic mass is 35.5. The summed E-state index contributed by atoms with van der Waals surface area (Å²) in [5, 5.41) is 4.33. The van der Waals surface area contributed by atoms with Crippen LogP contribution >= 0.6 is 11.6 Å². The van der Waals surface area contributed by atoms with Gasteiger partial charge >= 0.3 is 12.0 Å². The van der Waals surface area contributed by atoms with Crippen LogP contribution in [0.15, 0.2) is 66.1 Å². The lowest BCUT2D eigenvalue weighted by molar-refractivity contribution is -0.127. The number of nitrogens with one attached hydrogen (secondary N) is 2. The fourth-order valence-electron chi connectivity index (χ4n) is 2.70. The molecule has 2 N–H and O–H groups in total. The second-order valence-electron chi connectivity index (χ2n) is 6.70. The summed E-state index contributed by atoms with van der Waals surface area (Å²) >= 11 is 6.10. The molecule has 2 aromatic rings. The number of hydrogen-bond donors (Lipinski definition) is 2. The van der Waals surface area contributed by atoms with E-state index in [4.69, 9.17) is 16.3 Å². The zero-order valence-corrected chi connectivity index (χ0v) is 19.7. The Morgan fingerprint density at radius 3 is 2.45 bits per heavy atom. The number of para-hydroxylation sites is 1. The maximum Gasteiger partial charge on any atom is 0.340 e. The van der Waals surface area contributed by atoms with Crippen molar-refractivity contribution < 1.29 is 27.5 Å². The van der Waals surface area contributed by atoms with Crippen molar-refractivity contribution in [1.29, 1.82) is 0 Å². The zero-order chi connectivity index (χ0) is 24.6. The minimum atomic E-state index is -4.09. The van der Waals surface area contributed by atoms with E-state index in [1.54, 1.807) is 37.3 Å². The van der Waals surface area contributed by atoms with Gasteiger partial charge in [-0.15, -0.1) is 6.58 Å². The summed E-state index contributed by atoms with van der Waals surface area (Å²) in [6.45, 7) is 6.84. The Hall–Kier alpha value is -3.37. The number of carbonyl (C=O) groups is 3. The number of rotatable bonds is 9. The van der Waals surface area contributed by atoms with Gasteiger partial charge in [-0.3, -0.25) is 14.4 Å². The molecule has 1 unspecified atom stereocenters. The van der Waals surface area contributed by atoms with E-state index in [0.29, 0.717) is 12.2 Å². The van der Waals surface area contributed by atoms with E-state index >= 15 is 0 Å². The van der Waals surface area contributed by atoms with Crippen LogP contribution in [-0.4, -0.2) is 45.5 Å². The Morgan fingerprint density at radius 1 is 1.18 bits per heavy atom. The lowest BCUT2D eigenvalue weighted by Crippen LogP contribution is -2.44. The van der Waals surface area contributed by atoms with E-state index in [0.717, 1.165) is 10.4 Å². The lowest BCUT2D eigenvalue weighted by Gasteiger charge is -2.23. The minimum Gasteiger partial charge on any atom is -0.449 e. The Kier molecular flexibility index (Phi) is 9.01. The molecule has 0 spiro atoms. The van der Waals surface area contributed by atoms with E-state index in [1.807, 2.05) is 5.32 Å². The van der Waals surface area contributed by atoms with E-state index < -0.39 is 34.0 Å². The third-order valence-electron chi connectivity index (χ3n) is 4.31. The summed E-state index contributed by atoms with van der Waals surface area (Å²) in [4.78, 5) is 35.9. The minimum absolute atomic E-state index is 0.00815. The third kappa shape index (κ3) is 6.56. The van der Waals surface area contributed by atoms with Gasteiger partial charge < -0.3 is 10.1 Å². The number of benzene rings is 2. The van der Waals surface area contributed by atoms with Gasteiger partial charge in [-0.1, -0.05) is 35.9 Å². The molecule has 0 bridgehead atoms. The van der Waals surface area contributed by atoms with E-state index in [9.17, 15) is 22.8 Å². The van der Waals surface area contributed by atoms with Gasteiger partial charge in [0.1, 0.15) is 0 Å². The number of urea groups is 1. The highest BCUT2D eigenvalue weighted by Gasteiger charge is 2.27. The predicted octanol–water partition coefficient (Wildman–Crippen LogP) is 3.11. The predicted molar refractivity (Wildman–Crippen MR) is 125 cm³/mol. The Labute approximate surface area is 197 Å². The molecule has 0 aromatic heterocycles. The first-order valence-electron chi connectivity index (χ1n) is 9.89. The topological polar surface area (TPSA) is 122 Å². The highest BCUT2D eigenvalue weighted by molar-refractivity contribution is 7.92. The van der Waals surface area contributed by atoms with Gasteiger partial charge in [0, 0.05) is 6.54 Å². The van der Waals surface area contributed by atoms with Gasteiger partial charge in [0.05, 0.1) is 27.7 Å². The summed E-state index contributed by atoms with van der Waals surface area (Å²) in [5.74, 6) is -1.87. The van der Waals surface area contributed by atoms with Gasteiger partial charge in [0.15, 0.2) is 6.10 Å². The number of amides is 3. The second-order valence-corrected chi connectivity index (χ2v) is 8.97. The van der Waals surface area contributed by atoms with Crippen LogP contribution < -0.4 is 14.9 Å². The quantitative estimate of drug-likeness (QED) is 0.409. The summed E-state index contributed by atoms with van der Waals surface area (Å²) < 4.78 is 32.8. The largest absolute Gasteiger partial charge is 0.449 e. The third-order valence-corrected chi connectivity index (χ3v) is 6.43. The van der Waals surface area contributed by atoms with Crippen molar-refractivity contribution in [2.24, 2.45) is 0 Å². The van der Waals surface area contributed by atoms with Crippen molar-refractivity contribution in [3.63, 3.8) is 0 Å². The molecule has 176 valence electrons. The molecule has 0 saturated carbocycles. The number of imide groups is 1. The molecular formula is C22H24ClN3O6S. The highest BCUT2D eigenvalue weighted by Crippen LogP contribution is 2.27. The smallest absolute Gasteiger partial charge is 0.340 e. The van der Waals surface area contributed by atoms with Crippen LogP contribution in [0.3, 0.4) is 0 Å². The first kappa shape index (κ1) is 25.9. The maximum absolute atomic E-state index is 13.3. The molecule has 0 aliphatic carbocycles. The van der Waals surface area contributed by atoms with Crippen molar-refractivity contribution in [2.75, 3.05) is 17.4 Å². The molecule has 2 aromatic carbocycles. The molecular weight excluding hydrogens is 470 g/mol. The number of sulfonamides is 1. The monoisotopic (exact) mass is 493 g/mol. The molecule has 0 aliphatic heterocycles. The zero-order valence-electron chi connectivity index (χ0n) is 18.1. The molecule has 11 heteroatoms. The van der Waals surface area contributed by atoms with Crippen molar-refractivity contribution in [3.05, 3.63) is 71.8 Å². The molecule has 1 atom stereocenters. The number of nitrogens with zero attached hydrogens (tertiary/aromatic N) is 1. The molecule has 9 nitrogen and oxygen atoms in total. The number of anilines is 1. The first-order chi connectivity index (χ1) is 15.6. The Balaban J connectivity index is 2.30. The first-order valence-corrected chi connectivity index (χ1v) is 11.7. The molecule has 0 fully saturated rings. The van der Waals surface area contributed by atoms with Crippen LogP contribution in [0.1, 0.15) is 24.2 Å². The van der Waals surface area contributed by atoms with E-state index in [-0.39, 0.29) is 22.0 Å².